The van der Waals surface area contributed by atoms with Crippen molar-refractivity contribution in [2.45, 2.75) is 16.7 Å². The number of rotatable bonds is 5. The van der Waals surface area contributed by atoms with Crippen LogP contribution in [-0.2, 0) is 10.0 Å². The molecule has 7 nitrogen and oxygen atoms in total. The van der Waals surface area contributed by atoms with Crippen molar-refractivity contribution in [3.05, 3.63) is 36.3 Å². The maximum atomic E-state index is 12.1. The van der Waals surface area contributed by atoms with E-state index in [4.69, 9.17) is 0 Å². The summed E-state index contributed by atoms with van der Waals surface area (Å²) in [7, 11) is -2.13. The van der Waals surface area contributed by atoms with Crippen LogP contribution in [0.4, 0.5) is 11.5 Å². The highest BCUT2D eigenvalue weighted by Gasteiger charge is 2.16. The van der Waals surface area contributed by atoms with Crippen LogP contribution in [0.25, 0.3) is 11.0 Å². The smallest absolute Gasteiger partial charge is 0.240 e. The van der Waals surface area contributed by atoms with Gasteiger partial charge in [0.1, 0.15) is 17.8 Å². The van der Waals surface area contributed by atoms with Gasteiger partial charge in [-0.1, -0.05) is 0 Å². The number of aromatic nitrogens is 3. The number of thioether (sulfide) groups is 1. The van der Waals surface area contributed by atoms with Crippen molar-refractivity contribution in [1.29, 1.82) is 0 Å². The van der Waals surface area contributed by atoms with Gasteiger partial charge in [0, 0.05) is 11.1 Å². The lowest BCUT2D eigenvalue weighted by Gasteiger charge is -2.13. The Morgan fingerprint density at radius 1 is 1.25 bits per heavy atom. The molecule has 0 amide bonds. The number of nitrogens with zero attached hydrogens (tertiary/aromatic N) is 2. The molecule has 0 unspecified atom stereocenters. The van der Waals surface area contributed by atoms with Crippen LogP contribution in [0.1, 0.15) is 5.56 Å². The maximum Gasteiger partial charge on any atom is 0.240 e. The van der Waals surface area contributed by atoms with Gasteiger partial charge < -0.3 is 10.3 Å². The SMILES string of the molecule is CNS(=O)(=O)c1ccc(SC)c(Nc2ncnc3[nH]cc(C)c23)c1. The number of benzene rings is 1. The minimum atomic E-state index is -3.52. The van der Waals surface area contributed by atoms with Crippen molar-refractivity contribution in [2.75, 3.05) is 18.6 Å². The van der Waals surface area contributed by atoms with Crippen molar-refractivity contribution in [1.82, 2.24) is 19.7 Å². The summed E-state index contributed by atoms with van der Waals surface area (Å²) in [4.78, 5) is 12.7. The third-order valence-electron chi connectivity index (χ3n) is 3.67. The topological polar surface area (TPSA) is 99.8 Å². The molecule has 24 heavy (non-hydrogen) atoms. The average Bonchev–Trinajstić information content (AvgIpc) is 2.97. The van der Waals surface area contributed by atoms with E-state index in [1.54, 1.807) is 18.2 Å². The molecule has 2 aromatic heterocycles. The Hall–Kier alpha value is -2.10. The van der Waals surface area contributed by atoms with Crippen molar-refractivity contribution < 1.29 is 8.42 Å². The molecular weight excluding hydrogens is 346 g/mol. The van der Waals surface area contributed by atoms with Crippen molar-refractivity contribution >= 4 is 44.3 Å². The van der Waals surface area contributed by atoms with Crippen molar-refractivity contribution in [3.8, 4) is 0 Å². The standard InChI is InChI=1S/C15H17N5O2S2/c1-9-7-17-14-13(9)15(19-8-18-14)20-11-6-10(24(21,22)16-2)4-5-12(11)23-3/h4-8,16H,1-3H3,(H2,17,18,19,20). The van der Waals surface area contributed by atoms with Gasteiger partial charge in [-0.3, -0.25) is 0 Å². The van der Waals surface area contributed by atoms with Gasteiger partial charge in [0.05, 0.1) is 16.0 Å². The second-order valence-electron chi connectivity index (χ2n) is 5.11. The predicted molar refractivity (Wildman–Crippen MR) is 96.4 cm³/mol. The third-order valence-corrected chi connectivity index (χ3v) is 5.88. The number of aryl methyl sites for hydroxylation is 1. The molecule has 0 bridgehead atoms. The van der Waals surface area contributed by atoms with Gasteiger partial charge in [0.2, 0.25) is 10.0 Å². The number of nitrogens with one attached hydrogen (secondary N) is 3. The van der Waals surface area contributed by atoms with E-state index in [1.165, 1.54) is 25.1 Å². The van der Waals surface area contributed by atoms with Crippen LogP contribution >= 0.6 is 11.8 Å². The van der Waals surface area contributed by atoms with Gasteiger partial charge in [-0.05, 0) is 44.0 Å². The summed E-state index contributed by atoms with van der Waals surface area (Å²) in [6, 6.07) is 4.97. The molecule has 0 aliphatic carbocycles. The second-order valence-corrected chi connectivity index (χ2v) is 7.85. The molecule has 3 N–H and O–H groups in total. The lowest BCUT2D eigenvalue weighted by atomic mass is 10.2. The van der Waals surface area contributed by atoms with Crippen LogP contribution in [-0.4, -0.2) is 36.7 Å². The predicted octanol–water partition coefficient (Wildman–Crippen LogP) is 2.64. The van der Waals surface area contributed by atoms with Crippen molar-refractivity contribution in [3.63, 3.8) is 0 Å². The van der Waals surface area contributed by atoms with Gasteiger partial charge >= 0.3 is 0 Å². The normalized spacial score (nSPS) is 11.8. The Kier molecular flexibility index (Phi) is 4.48. The number of fused-ring (bicyclic) bond motifs is 1. The molecule has 2 heterocycles. The number of hydrogen-bond donors (Lipinski definition) is 3. The Bertz CT molecular complexity index is 998. The first-order chi connectivity index (χ1) is 11.5. The number of H-pyrrole nitrogens is 1. The first kappa shape index (κ1) is 16.7. The van der Waals surface area contributed by atoms with Gasteiger partial charge in [-0.2, -0.15) is 0 Å². The molecular formula is C15H17N5O2S2. The third kappa shape index (κ3) is 2.97. The molecule has 0 radical (unpaired) electrons. The van der Waals surface area contributed by atoms with Gasteiger partial charge in [0.15, 0.2) is 0 Å². The number of anilines is 2. The average molecular weight is 363 g/mol. The Morgan fingerprint density at radius 3 is 2.75 bits per heavy atom. The summed E-state index contributed by atoms with van der Waals surface area (Å²) in [5.74, 6) is 0.632. The van der Waals surface area contributed by atoms with E-state index in [-0.39, 0.29) is 4.90 Å². The molecule has 126 valence electrons. The summed E-state index contributed by atoms with van der Waals surface area (Å²) in [6.45, 7) is 1.96. The van der Waals surface area contributed by atoms with E-state index < -0.39 is 10.0 Å². The van der Waals surface area contributed by atoms with Crippen LogP contribution in [0.15, 0.2) is 40.5 Å². The quantitative estimate of drug-likeness (QED) is 0.603. The van der Waals surface area contributed by atoms with Gasteiger partial charge in [-0.15, -0.1) is 11.8 Å². The molecule has 3 aromatic rings. The molecule has 0 saturated carbocycles. The maximum absolute atomic E-state index is 12.1. The van der Waals surface area contributed by atoms with E-state index in [9.17, 15) is 8.42 Å². The molecule has 9 heteroatoms. The summed E-state index contributed by atoms with van der Waals surface area (Å²) in [6.07, 6.45) is 5.26. The summed E-state index contributed by atoms with van der Waals surface area (Å²) >= 11 is 1.52. The zero-order chi connectivity index (χ0) is 17.3. The van der Waals surface area contributed by atoms with Gasteiger partial charge in [-0.25, -0.2) is 23.1 Å². The summed E-state index contributed by atoms with van der Waals surface area (Å²) in [5.41, 5.74) is 2.42. The zero-order valence-corrected chi connectivity index (χ0v) is 15.0. The fourth-order valence-corrected chi connectivity index (χ4v) is 3.70. The van der Waals surface area contributed by atoms with Crippen molar-refractivity contribution in [2.24, 2.45) is 0 Å². The minimum absolute atomic E-state index is 0.196. The van der Waals surface area contributed by atoms with Crippen LogP contribution in [0.5, 0.6) is 0 Å². The fourth-order valence-electron chi connectivity index (χ4n) is 2.41. The van der Waals surface area contributed by atoms with E-state index in [0.717, 1.165) is 21.5 Å². The number of hydrogen-bond acceptors (Lipinski definition) is 6. The largest absolute Gasteiger partial charge is 0.346 e. The number of aromatic amines is 1. The van der Waals surface area contributed by atoms with Crippen LogP contribution in [0.2, 0.25) is 0 Å². The lowest BCUT2D eigenvalue weighted by Crippen LogP contribution is -2.18. The van der Waals surface area contributed by atoms with E-state index in [0.29, 0.717) is 11.5 Å². The zero-order valence-electron chi connectivity index (χ0n) is 13.4. The highest BCUT2D eigenvalue weighted by atomic mass is 32.2. The summed E-state index contributed by atoms with van der Waals surface area (Å²) in [5, 5.41) is 4.13. The van der Waals surface area contributed by atoms with E-state index in [1.807, 2.05) is 19.4 Å². The molecule has 0 aliphatic heterocycles. The fraction of sp³-hybridized carbons (Fsp3) is 0.200. The molecule has 0 saturated heterocycles. The Balaban J connectivity index is 2.11. The highest BCUT2D eigenvalue weighted by molar-refractivity contribution is 7.98. The number of sulfonamides is 1. The molecule has 0 spiro atoms. The minimum Gasteiger partial charge on any atom is -0.346 e. The Labute approximate surface area is 144 Å². The van der Waals surface area contributed by atoms with Crippen LogP contribution < -0.4 is 10.0 Å². The highest BCUT2D eigenvalue weighted by Crippen LogP contribution is 2.32. The first-order valence-corrected chi connectivity index (χ1v) is 9.84. The molecule has 0 aliphatic rings. The summed E-state index contributed by atoms with van der Waals surface area (Å²) < 4.78 is 26.4. The van der Waals surface area contributed by atoms with Crippen LogP contribution in [0.3, 0.4) is 0 Å². The molecule has 0 fully saturated rings. The van der Waals surface area contributed by atoms with Crippen LogP contribution in [0, 0.1) is 6.92 Å². The molecule has 1 aromatic carbocycles. The Morgan fingerprint density at radius 2 is 2.04 bits per heavy atom. The first-order valence-electron chi connectivity index (χ1n) is 7.13. The molecule has 3 rings (SSSR count). The second kappa shape index (κ2) is 6.42. The molecule has 0 atom stereocenters. The van der Waals surface area contributed by atoms with Gasteiger partial charge in [0.25, 0.3) is 0 Å². The van der Waals surface area contributed by atoms with E-state index >= 15 is 0 Å². The lowest BCUT2D eigenvalue weighted by molar-refractivity contribution is 0.588. The van der Waals surface area contributed by atoms with E-state index in [2.05, 4.69) is 25.0 Å². The monoisotopic (exact) mass is 363 g/mol.